The lowest BCUT2D eigenvalue weighted by molar-refractivity contribution is 0.0693. The van der Waals surface area contributed by atoms with Gasteiger partial charge in [0.25, 0.3) is 15.9 Å². The van der Waals surface area contributed by atoms with Crippen molar-refractivity contribution in [2.75, 3.05) is 29.8 Å². The molecule has 1 N–H and O–H groups in total. The lowest BCUT2D eigenvalue weighted by Gasteiger charge is -2.30. The number of rotatable bonds is 8. The quantitative estimate of drug-likeness (QED) is 0.443. The van der Waals surface area contributed by atoms with E-state index in [0.29, 0.717) is 34.7 Å². The Hall–Kier alpha value is -1.56. The summed E-state index contributed by atoms with van der Waals surface area (Å²) in [5.41, 5.74) is 0.416. The molecule has 7 nitrogen and oxygen atoms in total. The monoisotopic (exact) mass is 484 g/mol. The molecule has 1 saturated heterocycles. The van der Waals surface area contributed by atoms with E-state index >= 15 is 0 Å². The van der Waals surface area contributed by atoms with Gasteiger partial charge in [-0.05, 0) is 43.2 Å². The molecule has 1 fully saturated rings. The van der Waals surface area contributed by atoms with Crippen LogP contribution in [-0.2, 0) is 10.0 Å². The van der Waals surface area contributed by atoms with Gasteiger partial charge >= 0.3 is 0 Å². The zero-order valence-corrected chi connectivity index (χ0v) is 20.1. The van der Waals surface area contributed by atoms with Crippen molar-refractivity contribution in [3.8, 4) is 0 Å². The number of likely N-dealkylation sites (tertiary alicyclic amines) is 1. The maximum Gasteiger partial charge on any atom is 0.263 e. The average molecular weight is 485 g/mol. The molecule has 11 heteroatoms. The number of thioether (sulfide) groups is 2. The fraction of sp³-hybridized carbons (Fsp3) is 0.421. The molecule has 0 unspecified atom stereocenters. The molecule has 1 aromatic heterocycles. The van der Waals surface area contributed by atoms with Crippen LogP contribution in [0.2, 0.25) is 0 Å². The van der Waals surface area contributed by atoms with Crippen molar-refractivity contribution in [3.63, 3.8) is 0 Å². The molecular weight excluding hydrogens is 461 g/mol. The predicted molar refractivity (Wildman–Crippen MR) is 124 cm³/mol. The van der Waals surface area contributed by atoms with Crippen LogP contribution in [0.15, 0.2) is 45.0 Å². The first-order valence-corrected chi connectivity index (χ1v) is 13.9. The minimum atomic E-state index is -3.89. The Bertz CT molecular complexity index is 1010. The van der Waals surface area contributed by atoms with E-state index in [9.17, 15) is 13.2 Å². The highest BCUT2D eigenvalue weighted by molar-refractivity contribution is 8.01. The van der Waals surface area contributed by atoms with E-state index in [1.54, 1.807) is 12.1 Å². The average Bonchev–Trinajstić information content (AvgIpc) is 3.18. The normalized spacial score (nSPS) is 15.2. The van der Waals surface area contributed by atoms with Crippen LogP contribution in [0.5, 0.6) is 0 Å². The Balaban J connectivity index is 1.83. The Labute approximate surface area is 189 Å². The topological polar surface area (TPSA) is 92.3 Å². The van der Waals surface area contributed by atoms with Gasteiger partial charge in [-0.25, -0.2) is 8.42 Å². The first kappa shape index (κ1) is 23.1. The fourth-order valence-corrected chi connectivity index (χ4v) is 6.36. The Morgan fingerprint density at radius 2 is 2.10 bits per heavy atom. The van der Waals surface area contributed by atoms with Crippen molar-refractivity contribution in [2.45, 2.75) is 33.9 Å². The van der Waals surface area contributed by atoms with E-state index in [0.717, 1.165) is 29.1 Å². The molecule has 3 rings (SSSR count). The summed E-state index contributed by atoms with van der Waals surface area (Å²) < 4.78 is 28.9. The molecule has 162 valence electrons. The standard InChI is InChI=1S/C19H24N4O3S4/c1-4-11-28-19-21-20-18(29-19)22-30(25,26)14-5-6-16(27-3)15(12-14)17(24)23-9-7-13(2)8-10-23/h4-6,12-13H,1,7-11H2,2-3H3,(H,20,22). The van der Waals surface area contributed by atoms with Crippen molar-refractivity contribution in [3.05, 3.63) is 36.4 Å². The van der Waals surface area contributed by atoms with Crippen LogP contribution in [0.4, 0.5) is 5.13 Å². The number of anilines is 1. The van der Waals surface area contributed by atoms with E-state index < -0.39 is 10.0 Å². The van der Waals surface area contributed by atoms with E-state index in [4.69, 9.17) is 0 Å². The molecule has 1 aliphatic heterocycles. The third-order valence-electron chi connectivity index (χ3n) is 4.74. The van der Waals surface area contributed by atoms with Crippen LogP contribution in [-0.4, -0.2) is 54.5 Å². The molecule has 30 heavy (non-hydrogen) atoms. The van der Waals surface area contributed by atoms with Gasteiger partial charge in [-0.15, -0.1) is 28.5 Å². The minimum absolute atomic E-state index is 0.0320. The molecule has 0 spiro atoms. The van der Waals surface area contributed by atoms with E-state index in [-0.39, 0.29) is 15.9 Å². The largest absolute Gasteiger partial charge is 0.339 e. The molecule has 2 heterocycles. The van der Waals surface area contributed by atoms with Gasteiger partial charge in [-0.3, -0.25) is 9.52 Å². The fourth-order valence-electron chi connectivity index (χ4n) is 3.02. The molecule has 2 aromatic rings. The van der Waals surface area contributed by atoms with Gasteiger partial charge in [-0.2, -0.15) is 0 Å². The van der Waals surface area contributed by atoms with Crippen LogP contribution in [0.3, 0.4) is 0 Å². The third kappa shape index (κ3) is 5.57. The third-order valence-corrected chi connectivity index (χ3v) is 8.96. The first-order chi connectivity index (χ1) is 14.3. The second-order valence-electron chi connectivity index (χ2n) is 6.92. The second-order valence-corrected chi connectivity index (χ2v) is 11.7. The van der Waals surface area contributed by atoms with Crippen molar-refractivity contribution in [2.24, 2.45) is 5.92 Å². The second kappa shape index (κ2) is 10.2. The number of piperidine rings is 1. The van der Waals surface area contributed by atoms with Gasteiger partial charge in [0.1, 0.15) is 0 Å². The highest BCUT2D eigenvalue weighted by Crippen LogP contribution is 2.30. The van der Waals surface area contributed by atoms with Crippen LogP contribution in [0.25, 0.3) is 0 Å². The Morgan fingerprint density at radius 1 is 1.37 bits per heavy atom. The predicted octanol–water partition coefficient (Wildman–Crippen LogP) is 4.21. The SMILES string of the molecule is C=CCSc1nnc(NS(=O)(=O)c2ccc(SC)c(C(=O)N3CCC(C)CC3)c2)s1. The summed E-state index contributed by atoms with van der Waals surface area (Å²) in [7, 11) is -3.89. The molecule has 1 aromatic carbocycles. The van der Waals surface area contributed by atoms with Crippen LogP contribution >= 0.6 is 34.9 Å². The lowest BCUT2D eigenvalue weighted by Crippen LogP contribution is -2.38. The Kier molecular flexibility index (Phi) is 7.83. The molecule has 0 saturated carbocycles. The van der Waals surface area contributed by atoms with Crippen LogP contribution < -0.4 is 4.72 Å². The zero-order valence-electron chi connectivity index (χ0n) is 16.8. The van der Waals surface area contributed by atoms with E-state index in [1.165, 1.54) is 35.7 Å². The molecule has 1 amide bonds. The van der Waals surface area contributed by atoms with Gasteiger partial charge in [0.15, 0.2) is 4.34 Å². The number of carbonyl (C=O) groups excluding carboxylic acids is 1. The lowest BCUT2D eigenvalue weighted by atomic mass is 9.98. The summed E-state index contributed by atoms with van der Waals surface area (Å²) >= 11 is 4.02. The van der Waals surface area contributed by atoms with Crippen molar-refractivity contribution < 1.29 is 13.2 Å². The molecule has 0 radical (unpaired) electrons. The summed E-state index contributed by atoms with van der Waals surface area (Å²) in [6, 6.07) is 4.66. The summed E-state index contributed by atoms with van der Waals surface area (Å²) in [4.78, 5) is 15.7. The summed E-state index contributed by atoms with van der Waals surface area (Å²) in [6.07, 6.45) is 5.54. The van der Waals surface area contributed by atoms with Crippen LogP contribution in [0, 0.1) is 5.92 Å². The molecular formula is C19H24N4O3S4. The van der Waals surface area contributed by atoms with Crippen molar-refractivity contribution >= 4 is 55.9 Å². The number of hydrogen-bond acceptors (Lipinski definition) is 8. The minimum Gasteiger partial charge on any atom is -0.339 e. The highest BCUT2D eigenvalue weighted by Gasteiger charge is 2.26. The van der Waals surface area contributed by atoms with Gasteiger partial charge in [0.05, 0.1) is 10.5 Å². The maximum atomic E-state index is 13.1. The van der Waals surface area contributed by atoms with Gasteiger partial charge in [-0.1, -0.05) is 36.1 Å². The number of sulfonamides is 1. The van der Waals surface area contributed by atoms with Gasteiger partial charge in [0, 0.05) is 23.7 Å². The Morgan fingerprint density at radius 3 is 2.77 bits per heavy atom. The molecule has 1 aliphatic rings. The number of nitrogens with one attached hydrogen (secondary N) is 1. The maximum absolute atomic E-state index is 13.1. The summed E-state index contributed by atoms with van der Waals surface area (Å²) in [5, 5.41) is 8.05. The summed E-state index contributed by atoms with van der Waals surface area (Å²) in [5.74, 6) is 1.15. The van der Waals surface area contributed by atoms with Crippen molar-refractivity contribution in [1.29, 1.82) is 0 Å². The number of nitrogens with zero attached hydrogens (tertiary/aromatic N) is 3. The number of aromatic nitrogens is 2. The highest BCUT2D eigenvalue weighted by atomic mass is 32.2. The van der Waals surface area contributed by atoms with Crippen LogP contribution in [0.1, 0.15) is 30.1 Å². The first-order valence-electron chi connectivity index (χ1n) is 9.41. The van der Waals surface area contributed by atoms with Gasteiger partial charge < -0.3 is 4.90 Å². The molecule has 0 aliphatic carbocycles. The summed E-state index contributed by atoms with van der Waals surface area (Å²) in [6.45, 7) is 7.22. The molecule has 0 atom stereocenters. The zero-order chi connectivity index (χ0) is 21.7. The number of benzene rings is 1. The van der Waals surface area contributed by atoms with Gasteiger partial charge in [0.2, 0.25) is 5.13 Å². The number of amides is 1. The van der Waals surface area contributed by atoms with E-state index in [2.05, 4.69) is 28.4 Å². The smallest absolute Gasteiger partial charge is 0.263 e. The number of carbonyl (C=O) groups is 1. The molecule has 0 bridgehead atoms. The van der Waals surface area contributed by atoms with E-state index in [1.807, 2.05) is 11.2 Å². The van der Waals surface area contributed by atoms with Crippen molar-refractivity contribution in [1.82, 2.24) is 15.1 Å². The number of hydrogen-bond donors (Lipinski definition) is 1.